The summed E-state index contributed by atoms with van der Waals surface area (Å²) in [5, 5.41) is 14.0. The van der Waals surface area contributed by atoms with Gasteiger partial charge < -0.3 is 10.2 Å². The third kappa shape index (κ3) is 3.69. The number of benzene rings is 1. The predicted octanol–water partition coefficient (Wildman–Crippen LogP) is 2.57. The normalized spacial score (nSPS) is 11.8. The molecular weight excluding hydrogens is 258 g/mol. The Kier molecular flexibility index (Phi) is 5.49. The van der Waals surface area contributed by atoms with Crippen LogP contribution in [0.1, 0.15) is 26.3 Å². The van der Waals surface area contributed by atoms with E-state index in [0.717, 1.165) is 5.56 Å². The van der Waals surface area contributed by atoms with Crippen LogP contribution in [0, 0.1) is 17.0 Å². The van der Waals surface area contributed by atoms with Gasteiger partial charge in [0, 0.05) is 19.2 Å². The first-order valence-corrected chi connectivity index (χ1v) is 6.71. The number of anilines is 1. The van der Waals surface area contributed by atoms with Crippen LogP contribution in [0.15, 0.2) is 18.2 Å². The largest absolute Gasteiger partial charge is 0.368 e. The average molecular weight is 279 g/mol. The number of amides is 1. The Morgan fingerprint density at radius 2 is 2.00 bits per heavy atom. The van der Waals surface area contributed by atoms with Crippen molar-refractivity contribution >= 4 is 17.3 Å². The summed E-state index contributed by atoms with van der Waals surface area (Å²) >= 11 is 0. The minimum atomic E-state index is -0.503. The highest BCUT2D eigenvalue weighted by molar-refractivity contribution is 5.85. The first-order chi connectivity index (χ1) is 9.40. The van der Waals surface area contributed by atoms with Crippen molar-refractivity contribution in [2.45, 2.75) is 33.7 Å². The molecule has 110 valence electrons. The maximum absolute atomic E-state index is 12.2. The molecule has 0 aliphatic rings. The molecule has 0 bridgehead atoms. The lowest BCUT2D eigenvalue weighted by Gasteiger charge is -2.24. The number of carbonyl (C=O) groups excluding carboxylic acids is 1. The van der Waals surface area contributed by atoms with Gasteiger partial charge in [0.05, 0.1) is 4.92 Å². The van der Waals surface area contributed by atoms with Gasteiger partial charge in [-0.15, -0.1) is 0 Å². The summed E-state index contributed by atoms with van der Waals surface area (Å²) < 4.78 is 0. The fourth-order valence-corrected chi connectivity index (χ4v) is 2.02. The second-order valence-electron chi connectivity index (χ2n) is 4.65. The van der Waals surface area contributed by atoms with E-state index in [1.807, 2.05) is 13.8 Å². The molecule has 6 nitrogen and oxygen atoms in total. The van der Waals surface area contributed by atoms with E-state index in [-0.39, 0.29) is 11.6 Å². The number of hydrogen-bond acceptors (Lipinski definition) is 4. The van der Waals surface area contributed by atoms with Crippen molar-refractivity contribution in [1.29, 1.82) is 0 Å². The molecule has 1 rings (SSSR count). The number of carbonyl (C=O) groups is 1. The molecule has 1 N–H and O–H groups in total. The van der Waals surface area contributed by atoms with Crippen LogP contribution in [0.3, 0.4) is 0 Å². The summed E-state index contributed by atoms with van der Waals surface area (Å²) in [6, 6.07) is 4.41. The highest BCUT2D eigenvalue weighted by Gasteiger charge is 2.21. The molecular formula is C14H21N3O3. The monoisotopic (exact) mass is 279 g/mol. The van der Waals surface area contributed by atoms with Gasteiger partial charge in [-0.3, -0.25) is 14.9 Å². The molecule has 0 fully saturated rings. The summed E-state index contributed by atoms with van der Waals surface area (Å²) in [5.74, 6) is -0.0649. The van der Waals surface area contributed by atoms with Crippen molar-refractivity contribution in [3.63, 3.8) is 0 Å². The van der Waals surface area contributed by atoms with Crippen LogP contribution in [0.5, 0.6) is 0 Å². The number of nitro groups is 1. The minimum absolute atomic E-state index is 0.0100. The third-order valence-electron chi connectivity index (χ3n) is 3.17. The molecule has 0 aliphatic carbocycles. The lowest BCUT2D eigenvalue weighted by molar-refractivity contribution is -0.384. The van der Waals surface area contributed by atoms with Crippen LogP contribution in [0.4, 0.5) is 11.4 Å². The van der Waals surface area contributed by atoms with Crippen molar-refractivity contribution in [2.24, 2.45) is 0 Å². The van der Waals surface area contributed by atoms with E-state index in [4.69, 9.17) is 0 Å². The van der Waals surface area contributed by atoms with E-state index in [9.17, 15) is 14.9 Å². The summed E-state index contributed by atoms with van der Waals surface area (Å²) in [7, 11) is 0. The van der Waals surface area contributed by atoms with E-state index in [0.29, 0.717) is 18.8 Å². The molecule has 0 saturated heterocycles. The second kappa shape index (κ2) is 6.88. The Morgan fingerprint density at radius 3 is 2.50 bits per heavy atom. The smallest absolute Gasteiger partial charge is 0.292 e. The van der Waals surface area contributed by atoms with Crippen LogP contribution in [0.2, 0.25) is 0 Å². The standard InChI is InChI=1S/C14H21N3O3/c1-5-16(6-2)14(18)11(4)15-12-8-7-10(3)9-13(12)17(19)20/h7-9,11,15H,5-6H2,1-4H3. The van der Waals surface area contributed by atoms with Crippen molar-refractivity contribution in [1.82, 2.24) is 4.90 Å². The zero-order valence-electron chi connectivity index (χ0n) is 12.3. The highest BCUT2D eigenvalue weighted by atomic mass is 16.6. The van der Waals surface area contributed by atoms with Crippen molar-refractivity contribution in [3.05, 3.63) is 33.9 Å². The summed E-state index contributed by atoms with van der Waals surface area (Å²) in [4.78, 5) is 24.4. The minimum Gasteiger partial charge on any atom is -0.368 e. The fraction of sp³-hybridized carbons (Fsp3) is 0.500. The number of rotatable bonds is 6. The number of aryl methyl sites for hydroxylation is 1. The van der Waals surface area contributed by atoms with Gasteiger partial charge in [-0.1, -0.05) is 6.07 Å². The summed E-state index contributed by atoms with van der Waals surface area (Å²) in [5.41, 5.74) is 1.17. The van der Waals surface area contributed by atoms with Crippen molar-refractivity contribution in [3.8, 4) is 0 Å². The number of nitro benzene ring substituents is 1. The molecule has 0 aliphatic heterocycles. The van der Waals surface area contributed by atoms with E-state index < -0.39 is 11.0 Å². The van der Waals surface area contributed by atoms with Gasteiger partial charge in [-0.2, -0.15) is 0 Å². The molecule has 6 heteroatoms. The average Bonchev–Trinajstić information content (AvgIpc) is 2.41. The molecule has 0 radical (unpaired) electrons. The quantitative estimate of drug-likeness (QED) is 0.641. The number of hydrogen-bond donors (Lipinski definition) is 1. The molecule has 0 aromatic heterocycles. The fourth-order valence-electron chi connectivity index (χ4n) is 2.02. The molecule has 1 aromatic carbocycles. The van der Waals surface area contributed by atoms with Crippen LogP contribution < -0.4 is 5.32 Å². The highest BCUT2D eigenvalue weighted by Crippen LogP contribution is 2.26. The van der Waals surface area contributed by atoms with E-state index >= 15 is 0 Å². The number of nitrogens with one attached hydrogen (secondary N) is 1. The van der Waals surface area contributed by atoms with Gasteiger partial charge in [0.1, 0.15) is 11.7 Å². The zero-order chi connectivity index (χ0) is 15.3. The van der Waals surface area contributed by atoms with Gasteiger partial charge in [0.2, 0.25) is 5.91 Å². The van der Waals surface area contributed by atoms with Crippen LogP contribution in [-0.4, -0.2) is 34.9 Å². The Morgan fingerprint density at radius 1 is 1.40 bits per heavy atom. The second-order valence-corrected chi connectivity index (χ2v) is 4.65. The molecule has 0 spiro atoms. The Labute approximate surface area is 118 Å². The Hall–Kier alpha value is -2.11. The number of likely N-dealkylation sites (N-methyl/N-ethyl adjacent to an activating group) is 1. The van der Waals surface area contributed by atoms with Crippen LogP contribution in [0.25, 0.3) is 0 Å². The Bertz CT molecular complexity index is 498. The summed E-state index contributed by atoms with van der Waals surface area (Å²) in [6.07, 6.45) is 0. The molecule has 1 atom stereocenters. The first kappa shape index (κ1) is 15.9. The molecule has 1 aromatic rings. The maximum atomic E-state index is 12.2. The van der Waals surface area contributed by atoms with Crippen LogP contribution in [-0.2, 0) is 4.79 Å². The van der Waals surface area contributed by atoms with E-state index in [1.165, 1.54) is 6.07 Å². The zero-order valence-corrected chi connectivity index (χ0v) is 12.3. The summed E-state index contributed by atoms with van der Waals surface area (Å²) in [6.45, 7) is 8.56. The van der Waals surface area contributed by atoms with Gasteiger partial charge in [0.25, 0.3) is 5.69 Å². The first-order valence-electron chi connectivity index (χ1n) is 6.71. The SMILES string of the molecule is CCN(CC)C(=O)C(C)Nc1ccc(C)cc1[N+](=O)[O-]. The van der Waals surface area contributed by atoms with Gasteiger partial charge in [-0.05, 0) is 39.3 Å². The Balaban J connectivity index is 2.93. The molecule has 1 unspecified atom stereocenters. The molecule has 20 heavy (non-hydrogen) atoms. The topological polar surface area (TPSA) is 75.5 Å². The predicted molar refractivity (Wildman–Crippen MR) is 78.8 cm³/mol. The van der Waals surface area contributed by atoms with Gasteiger partial charge >= 0.3 is 0 Å². The van der Waals surface area contributed by atoms with Crippen LogP contribution >= 0.6 is 0 Å². The molecule has 1 amide bonds. The lowest BCUT2D eigenvalue weighted by Crippen LogP contribution is -2.41. The lowest BCUT2D eigenvalue weighted by atomic mass is 10.1. The van der Waals surface area contributed by atoms with Gasteiger partial charge in [0.15, 0.2) is 0 Å². The third-order valence-corrected chi connectivity index (χ3v) is 3.17. The molecule has 0 heterocycles. The molecule has 0 saturated carbocycles. The van der Waals surface area contributed by atoms with Gasteiger partial charge in [-0.25, -0.2) is 0 Å². The maximum Gasteiger partial charge on any atom is 0.292 e. The van der Waals surface area contributed by atoms with Crippen molar-refractivity contribution < 1.29 is 9.72 Å². The van der Waals surface area contributed by atoms with Crippen molar-refractivity contribution in [2.75, 3.05) is 18.4 Å². The van der Waals surface area contributed by atoms with E-state index in [2.05, 4.69) is 5.32 Å². The van der Waals surface area contributed by atoms with E-state index in [1.54, 1.807) is 30.9 Å². The number of nitrogens with zero attached hydrogens (tertiary/aromatic N) is 2.